The van der Waals surface area contributed by atoms with Crippen LogP contribution in [0.1, 0.15) is 18.5 Å². The van der Waals surface area contributed by atoms with Crippen molar-refractivity contribution in [1.29, 1.82) is 0 Å². The summed E-state index contributed by atoms with van der Waals surface area (Å²) in [5.74, 6) is 0. The Balaban J connectivity index is 1.97. The molecule has 1 aromatic carbocycles. The van der Waals surface area contributed by atoms with Crippen LogP contribution in [-0.4, -0.2) is 37.2 Å². The molecule has 0 radical (unpaired) electrons. The van der Waals surface area contributed by atoms with Crippen molar-refractivity contribution in [2.45, 2.75) is 19.0 Å². The van der Waals surface area contributed by atoms with E-state index in [2.05, 4.69) is 41.5 Å². The van der Waals surface area contributed by atoms with Crippen LogP contribution < -0.4 is 5.73 Å². The third-order valence-corrected chi connectivity index (χ3v) is 4.89. The maximum atomic E-state index is 6.07. The highest BCUT2D eigenvalue weighted by atomic mass is 32.1. The maximum absolute atomic E-state index is 6.07. The number of nitrogens with two attached hydrogens (primary N) is 1. The average molecular weight is 276 g/mol. The summed E-state index contributed by atoms with van der Waals surface area (Å²) in [6, 6.07) is 9.32. The van der Waals surface area contributed by atoms with E-state index >= 15 is 0 Å². The summed E-state index contributed by atoms with van der Waals surface area (Å²) in [6.45, 7) is 5.45. The molecule has 0 bridgehead atoms. The van der Waals surface area contributed by atoms with Crippen LogP contribution in [0.25, 0.3) is 10.1 Å². The second-order valence-electron chi connectivity index (χ2n) is 5.10. The summed E-state index contributed by atoms with van der Waals surface area (Å²) in [6.07, 6.45) is 0. The number of thiophene rings is 1. The Morgan fingerprint density at radius 1 is 1.47 bits per heavy atom. The predicted octanol–water partition coefficient (Wildman–Crippen LogP) is 2.62. The Kier molecular flexibility index (Phi) is 3.84. The van der Waals surface area contributed by atoms with Crippen molar-refractivity contribution in [2.24, 2.45) is 5.73 Å². The normalized spacial score (nSPS) is 22.7. The molecule has 3 nitrogen and oxygen atoms in total. The molecule has 1 aliphatic heterocycles. The van der Waals surface area contributed by atoms with Crippen molar-refractivity contribution in [3.63, 3.8) is 0 Å². The lowest BCUT2D eigenvalue weighted by atomic mass is 10.0. The first-order chi connectivity index (χ1) is 9.31. The van der Waals surface area contributed by atoms with Crippen molar-refractivity contribution in [1.82, 2.24) is 4.90 Å². The minimum absolute atomic E-state index is 0.301. The van der Waals surface area contributed by atoms with Crippen molar-refractivity contribution in [2.75, 3.05) is 26.3 Å². The molecule has 1 aromatic heterocycles. The Bertz CT molecular complexity index is 554. The Labute approximate surface area is 118 Å². The van der Waals surface area contributed by atoms with E-state index in [9.17, 15) is 0 Å². The molecule has 102 valence electrons. The van der Waals surface area contributed by atoms with Gasteiger partial charge < -0.3 is 10.5 Å². The van der Waals surface area contributed by atoms with E-state index < -0.39 is 0 Å². The number of fused-ring (bicyclic) bond motifs is 1. The summed E-state index contributed by atoms with van der Waals surface area (Å²) in [4.78, 5) is 2.48. The molecule has 3 rings (SSSR count). The van der Waals surface area contributed by atoms with E-state index in [0.29, 0.717) is 18.6 Å². The fraction of sp³-hybridized carbons (Fsp3) is 0.467. The van der Waals surface area contributed by atoms with Gasteiger partial charge in [0.25, 0.3) is 0 Å². The van der Waals surface area contributed by atoms with Gasteiger partial charge in [-0.15, -0.1) is 11.3 Å². The Hall–Kier alpha value is -0.940. The lowest BCUT2D eigenvalue weighted by Crippen LogP contribution is -2.47. The molecule has 19 heavy (non-hydrogen) atoms. The van der Waals surface area contributed by atoms with Crippen molar-refractivity contribution in [3.05, 3.63) is 35.2 Å². The number of morpholine rings is 1. The molecule has 2 unspecified atom stereocenters. The van der Waals surface area contributed by atoms with Gasteiger partial charge in [-0.2, -0.15) is 0 Å². The van der Waals surface area contributed by atoms with Crippen LogP contribution in [0, 0.1) is 0 Å². The molecule has 1 aliphatic rings. The van der Waals surface area contributed by atoms with E-state index in [1.807, 2.05) is 11.3 Å². The van der Waals surface area contributed by atoms with E-state index in [1.54, 1.807) is 0 Å². The molecule has 1 saturated heterocycles. The minimum Gasteiger partial charge on any atom is -0.379 e. The zero-order valence-corrected chi connectivity index (χ0v) is 12.0. The van der Waals surface area contributed by atoms with Crippen LogP contribution in [0.3, 0.4) is 0 Å². The molecule has 2 N–H and O–H groups in total. The Morgan fingerprint density at radius 2 is 2.32 bits per heavy atom. The molecule has 1 fully saturated rings. The second kappa shape index (κ2) is 5.59. The zero-order valence-electron chi connectivity index (χ0n) is 11.2. The summed E-state index contributed by atoms with van der Waals surface area (Å²) in [5, 5.41) is 3.62. The van der Waals surface area contributed by atoms with Gasteiger partial charge in [0.1, 0.15) is 0 Å². The molecule has 0 amide bonds. The zero-order chi connectivity index (χ0) is 13.2. The van der Waals surface area contributed by atoms with Crippen LogP contribution in [0.5, 0.6) is 0 Å². The van der Waals surface area contributed by atoms with Crippen LogP contribution in [-0.2, 0) is 4.74 Å². The molecular weight excluding hydrogens is 256 g/mol. The molecule has 4 heteroatoms. The van der Waals surface area contributed by atoms with Crippen LogP contribution >= 0.6 is 11.3 Å². The highest BCUT2D eigenvalue weighted by Crippen LogP contribution is 2.34. The van der Waals surface area contributed by atoms with Gasteiger partial charge in [-0.25, -0.2) is 0 Å². The van der Waals surface area contributed by atoms with E-state index in [1.165, 1.54) is 15.6 Å². The SMILES string of the molecule is CC1COCCN1C(CN)c1csc2ccccc12. The number of ether oxygens (including phenoxy) is 1. The molecule has 0 aliphatic carbocycles. The number of rotatable bonds is 3. The van der Waals surface area contributed by atoms with Gasteiger partial charge in [-0.3, -0.25) is 4.90 Å². The molecule has 0 saturated carbocycles. The van der Waals surface area contributed by atoms with Crippen molar-refractivity contribution < 1.29 is 4.74 Å². The van der Waals surface area contributed by atoms with Gasteiger partial charge in [0.15, 0.2) is 0 Å². The predicted molar refractivity (Wildman–Crippen MR) is 80.6 cm³/mol. The summed E-state index contributed by atoms with van der Waals surface area (Å²) < 4.78 is 6.88. The quantitative estimate of drug-likeness (QED) is 0.936. The van der Waals surface area contributed by atoms with Crippen LogP contribution in [0.2, 0.25) is 0 Å². The van der Waals surface area contributed by atoms with E-state index in [-0.39, 0.29) is 0 Å². The first kappa shape index (κ1) is 13.1. The lowest BCUT2D eigenvalue weighted by molar-refractivity contribution is -0.0206. The number of hydrogen-bond donors (Lipinski definition) is 1. The van der Waals surface area contributed by atoms with Gasteiger partial charge in [0.2, 0.25) is 0 Å². The third-order valence-electron chi connectivity index (χ3n) is 3.91. The van der Waals surface area contributed by atoms with Gasteiger partial charge in [0, 0.05) is 29.9 Å². The molecular formula is C15H20N2OS. The number of nitrogens with zero attached hydrogens (tertiary/aromatic N) is 1. The number of hydrogen-bond acceptors (Lipinski definition) is 4. The Morgan fingerprint density at radius 3 is 3.11 bits per heavy atom. The highest BCUT2D eigenvalue weighted by Gasteiger charge is 2.28. The molecule has 2 heterocycles. The molecule has 0 spiro atoms. The van der Waals surface area contributed by atoms with E-state index in [4.69, 9.17) is 10.5 Å². The summed E-state index contributed by atoms with van der Waals surface area (Å²) in [7, 11) is 0. The van der Waals surface area contributed by atoms with Gasteiger partial charge in [-0.05, 0) is 29.3 Å². The largest absolute Gasteiger partial charge is 0.379 e. The minimum atomic E-state index is 0.301. The van der Waals surface area contributed by atoms with Gasteiger partial charge >= 0.3 is 0 Å². The maximum Gasteiger partial charge on any atom is 0.0620 e. The number of benzene rings is 1. The van der Waals surface area contributed by atoms with Crippen LogP contribution in [0.4, 0.5) is 0 Å². The van der Waals surface area contributed by atoms with Crippen LogP contribution in [0.15, 0.2) is 29.6 Å². The standard InChI is InChI=1S/C15H20N2OS/c1-11-9-18-7-6-17(11)14(8-16)13-10-19-15-5-3-2-4-12(13)15/h2-5,10-11,14H,6-9,16H2,1H3. The van der Waals surface area contributed by atoms with Crippen molar-refractivity contribution >= 4 is 21.4 Å². The molecule has 2 atom stereocenters. The van der Waals surface area contributed by atoms with E-state index in [0.717, 1.165) is 19.8 Å². The second-order valence-corrected chi connectivity index (χ2v) is 6.01. The highest BCUT2D eigenvalue weighted by molar-refractivity contribution is 7.17. The average Bonchev–Trinajstić information content (AvgIpc) is 2.86. The monoisotopic (exact) mass is 276 g/mol. The third kappa shape index (κ3) is 2.41. The van der Waals surface area contributed by atoms with Crippen molar-refractivity contribution in [3.8, 4) is 0 Å². The summed E-state index contributed by atoms with van der Waals surface area (Å²) in [5.41, 5.74) is 7.44. The first-order valence-corrected chi connectivity index (χ1v) is 7.69. The smallest absolute Gasteiger partial charge is 0.0620 e. The lowest BCUT2D eigenvalue weighted by Gasteiger charge is -2.39. The molecule has 2 aromatic rings. The summed E-state index contributed by atoms with van der Waals surface area (Å²) >= 11 is 1.81. The van der Waals surface area contributed by atoms with Gasteiger partial charge in [0.05, 0.1) is 13.2 Å². The van der Waals surface area contributed by atoms with Gasteiger partial charge in [-0.1, -0.05) is 18.2 Å². The fourth-order valence-electron chi connectivity index (χ4n) is 2.90. The topological polar surface area (TPSA) is 38.5 Å². The first-order valence-electron chi connectivity index (χ1n) is 6.81. The fourth-order valence-corrected chi connectivity index (χ4v) is 3.91.